The summed E-state index contributed by atoms with van der Waals surface area (Å²) in [6.07, 6.45) is 1.86. The van der Waals surface area contributed by atoms with Gasteiger partial charge in [-0.1, -0.05) is 0 Å². The molecule has 12 heteroatoms. The summed E-state index contributed by atoms with van der Waals surface area (Å²) in [7, 11) is 0. The summed E-state index contributed by atoms with van der Waals surface area (Å²) in [6, 6.07) is 2.06. The van der Waals surface area contributed by atoms with Crippen molar-refractivity contribution in [3.63, 3.8) is 0 Å². The lowest BCUT2D eigenvalue weighted by molar-refractivity contribution is 0.108. The smallest absolute Gasteiger partial charge is 0.319 e. The van der Waals surface area contributed by atoms with Crippen LogP contribution < -0.4 is 15.5 Å². The van der Waals surface area contributed by atoms with Crippen molar-refractivity contribution < 1.29 is 27.5 Å². The van der Waals surface area contributed by atoms with Crippen LogP contribution in [0.5, 0.6) is 0 Å². The molecule has 0 radical (unpaired) electrons. The van der Waals surface area contributed by atoms with Gasteiger partial charge in [0.2, 0.25) is 0 Å². The van der Waals surface area contributed by atoms with E-state index in [2.05, 4.69) is 20.7 Å². The quantitative estimate of drug-likeness (QED) is 0.532. The molecule has 0 bridgehead atoms. The molecule has 5 rings (SSSR count). The zero-order valence-corrected chi connectivity index (χ0v) is 16.5. The van der Waals surface area contributed by atoms with E-state index in [9.17, 15) is 27.5 Å². The highest BCUT2D eigenvalue weighted by Gasteiger charge is 2.58. The number of nitrogens with one attached hydrogen (secondary N) is 2. The lowest BCUT2D eigenvalue weighted by Crippen LogP contribution is -2.33. The number of fused-ring (bicyclic) bond motifs is 1. The minimum absolute atomic E-state index is 0.0971. The van der Waals surface area contributed by atoms with Crippen molar-refractivity contribution in [2.75, 3.05) is 16.8 Å². The summed E-state index contributed by atoms with van der Waals surface area (Å²) >= 11 is 0. The number of anilines is 2. The number of hydrogen-bond donors (Lipinski definition) is 3. The van der Waals surface area contributed by atoms with E-state index in [1.807, 2.05) is 0 Å². The number of β-amino-alcohol motifs (C(OH)–C–C–N with tert-alkyl or cyclic N) is 1. The largest absolute Gasteiger partial charge is 0.391 e. The first-order valence-electron chi connectivity index (χ1n) is 9.90. The molecule has 8 nitrogen and oxygen atoms in total. The van der Waals surface area contributed by atoms with Gasteiger partial charge in [0.15, 0.2) is 5.65 Å². The predicted molar refractivity (Wildman–Crippen MR) is 106 cm³/mol. The Bertz CT molecular complexity index is 1200. The van der Waals surface area contributed by atoms with E-state index in [0.29, 0.717) is 5.82 Å². The number of aliphatic hydroxyl groups excluding tert-OH is 1. The number of rotatable bonds is 4. The Morgan fingerprint density at radius 2 is 2.03 bits per heavy atom. The van der Waals surface area contributed by atoms with Crippen LogP contribution in [0.3, 0.4) is 0 Å². The third-order valence-electron chi connectivity index (χ3n) is 5.62. The van der Waals surface area contributed by atoms with E-state index < -0.39 is 48.2 Å². The van der Waals surface area contributed by atoms with Crippen LogP contribution in [0.15, 0.2) is 36.7 Å². The van der Waals surface area contributed by atoms with E-state index in [-0.39, 0.29) is 29.9 Å². The van der Waals surface area contributed by atoms with Crippen LogP contribution in [0, 0.1) is 11.6 Å². The first-order valence-corrected chi connectivity index (χ1v) is 9.90. The summed E-state index contributed by atoms with van der Waals surface area (Å²) in [6.45, 7) is 0.137. The van der Waals surface area contributed by atoms with Crippen LogP contribution in [-0.4, -0.2) is 50.3 Å². The highest BCUT2D eigenvalue weighted by atomic mass is 19.3. The molecular formula is C20H18F4N6O2. The molecule has 2 amide bonds. The molecule has 2 fully saturated rings. The zero-order valence-electron chi connectivity index (χ0n) is 16.5. The van der Waals surface area contributed by atoms with Gasteiger partial charge in [-0.2, -0.15) is 5.10 Å². The van der Waals surface area contributed by atoms with Crippen molar-refractivity contribution in [2.24, 2.45) is 0 Å². The summed E-state index contributed by atoms with van der Waals surface area (Å²) in [5.41, 5.74) is 0.501. The molecule has 2 aromatic heterocycles. The average Bonchev–Trinajstić information content (AvgIpc) is 3.06. The molecule has 3 N–H and O–H groups in total. The fourth-order valence-electron chi connectivity index (χ4n) is 3.93. The number of hydrogen-bond acceptors (Lipinski definition) is 5. The molecule has 32 heavy (non-hydrogen) atoms. The molecule has 1 aromatic carbocycles. The molecular weight excluding hydrogens is 432 g/mol. The second-order valence-corrected chi connectivity index (χ2v) is 7.95. The van der Waals surface area contributed by atoms with E-state index in [1.165, 1.54) is 10.7 Å². The molecule has 2 aliphatic rings. The monoisotopic (exact) mass is 450 g/mol. The van der Waals surface area contributed by atoms with Crippen LogP contribution in [0.25, 0.3) is 5.65 Å². The number of urea groups is 1. The topological polar surface area (TPSA) is 94.8 Å². The van der Waals surface area contributed by atoms with Crippen LogP contribution in [0.2, 0.25) is 0 Å². The maximum atomic E-state index is 14.4. The molecule has 1 unspecified atom stereocenters. The minimum Gasteiger partial charge on any atom is -0.391 e. The fourth-order valence-corrected chi connectivity index (χ4v) is 3.93. The number of alkyl halides is 2. The van der Waals surface area contributed by atoms with Gasteiger partial charge >= 0.3 is 6.03 Å². The first-order chi connectivity index (χ1) is 15.2. The van der Waals surface area contributed by atoms with Crippen molar-refractivity contribution in [1.29, 1.82) is 0 Å². The predicted octanol–water partition coefficient (Wildman–Crippen LogP) is 2.85. The van der Waals surface area contributed by atoms with Gasteiger partial charge in [0, 0.05) is 24.7 Å². The Hall–Kier alpha value is -3.41. The maximum absolute atomic E-state index is 14.4. The van der Waals surface area contributed by atoms with Crippen molar-refractivity contribution >= 4 is 23.2 Å². The van der Waals surface area contributed by atoms with Gasteiger partial charge in [0.05, 0.1) is 18.3 Å². The molecule has 3 heterocycles. The molecule has 1 saturated heterocycles. The number of halogens is 4. The second kappa shape index (κ2) is 7.33. The van der Waals surface area contributed by atoms with Gasteiger partial charge in [-0.15, -0.1) is 0 Å². The third kappa shape index (κ3) is 3.70. The lowest BCUT2D eigenvalue weighted by atomic mass is 10.0. The van der Waals surface area contributed by atoms with Gasteiger partial charge in [-0.25, -0.2) is 31.9 Å². The number of aromatic nitrogens is 3. The molecule has 168 valence electrons. The van der Waals surface area contributed by atoms with Gasteiger partial charge < -0.3 is 20.6 Å². The van der Waals surface area contributed by atoms with Crippen LogP contribution in [0.4, 0.5) is 33.9 Å². The van der Waals surface area contributed by atoms with Crippen molar-refractivity contribution in [3.05, 3.63) is 53.9 Å². The summed E-state index contributed by atoms with van der Waals surface area (Å²) < 4.78 is 55.6. The van der Waals surface area contributed by atoms with E-state index >= 15 is 0 Å². The van der Waals surface area contributed by atoms with Gasteiger partial charge in [-0.3, -0.25) is 0 Å². The van der Waals surface area contributed by atoms with Gasteiger partial charge in [0.25, 0.3) is 5.92 Å². The van der Waals surface area contributed by atoms with E-state index in [1.54, 1.807) is 17.2 Å². The molecule has 1 aliphatic heterocycles. The highest BCUT2D eigenvalue weighted by molar-refractivity contribution is 5.93. The summed E-state index contributed by atoms with van der Waals surface area (Å²) in [5.74, 6) is -3.75. The zero-order chi connectivity index (χ0) is 22.6. The third-order valence-corrected chi connectivity index (χ3v) is 5.62. The number of carbonyl (C=O) groups is 1. The summed E-state index contributed by atoms with van der Waals surface area (Å²) in [5, 5.41) is 18.9. The standard InChI is InChI=1S/C20H18F4N6O2/c21-10-1-2-13(22)12(5-10)15-6-11(31)9-29(15)17-3-4-30-18(28-17)14(8-25-30)26-19(32)27-16-7-20(16,23)24/h1-5,8,11,15-16,31H,6-7,9H2,(H2,26,27,32)/t11-,15-,16?/m1/s1. The normalized spacial score (nSPS) is 24.0. The van der Waals surface area contributed by atoms with E-state index in [0.717, 1.165) is 18.2 Å². The summed E-state index contributed by atoms with van der Waals surface area (Å²) in [4.78, 5) is 18.1. The Morgan fingerprint density at radius 3 is 2.78 bits per heavy atom. The molecule has 1 saturated carbocycles. The number of carbonyl (C=O) groups excluding carboxylic acids is 1. The van der Waals surface area contributed by atoms with Gasteiger partial charge in [-0.05, 0) is 30.7 Å². The Kier molecular flexibility index (Phi) is 4.69. The molecule has 3 aromatic rings. The molecule has 0 spiro atoms. The number of nitrogens with zero attached hydrogens (tertiary/aromatic N) is 4. The number of benzene rings is 1. The average molecular weight is 450 g/mol. The molecule has 1 aliphatic carbocycles. The van der Waals surface area contributed by atoms with Crippen molar-refractivity contribution in [3.8, 4) is 0 Å². The van der Waals surface area contributed by atoms with Gasteiger partial charge in [0.1, 0.15) is 29.2 Å². The molecule has 3 atom stereocenters. The SMILES string of the molecule is O=C(Nc1cnn2ccc(N3C[C@H](O)C[C@@H]3c3cc(F)ccc3F)nc12)NC1CC1(F)F. The van der Waals surface area contributed by atoms with Crippen LogP contribution in [-0.2, 0) is 0 Å². The van der Waals surface area contributed by atoms with Crippen LogP contribution in [0.1, 0.15) is 24.4 Å². The number of aliphatic hydroxyl groups is 1. The number of amides is 2. The fraction of sp³-hybridized carbons (Fsp3) is 0.350. The second-order valence-electron chi connectivity index (χ2n) is 7.95. The first kappa shape index (κ1) is 20.5. The van der Waals surface area contributed by atoms with E-state index in [4.69, 9.17) is 0 Å². The maximum Gasteiger partial charge on any atom is 0.319 e. The minimum atomic E-state index is -2.90. The highest BCUT2D eigenvalue weighted by Crippen LogP contribution is 2.41. The van der Waals surface area contributed by atoms with Crippen LogP contribution >= 0.6 is 0 Å². The van der Waals surface area contributed by atoms with Crippen molar-refractivity contribution in [2.45, 2.75) is 37.0 Å². The Labute approximate surface area is 178 Å². The van der Waals surface area contributed by atoms with Crippen molar-refractivity contribution in [1.82, 2.24) is 19.9 Å². The Morgan fingerprint density at radius 1 is 1.25 bits per heavy atom. The Balaban J connectivity index is 1.43. The lowest BCUT2D eigenvalue weighted by Gasteiger charge is -2.26.